The van der Waals surface area contributed by atoms with Gasteiger partial charge in [0, 0.05) is 35.2 Å². The number of imidazole rings is 1. The molecule has 1 aliphatic heterocycles. The van der Waals surface area contributed by atoms with E-state index in [0.29, 0.717) is 35.9 Å². The van der Waals surface area contributed by atoms with Crippen molar-refractivity contribution in [3.63, 3.8) is 0 Å². The molecular formula is C34H29F2N7O4. The van der Waals surface area contributed by atoms with Crippen molar-refractivity contribution in [1.29, 1.82) is 0 Å². The third kappa shape index (κ3) is 5.92. The summed E-state index contributed by atoms with van der Waals surface area (Å²) < 4.78 is 46.4. The molecule has 1 N–H and O–H groups in total. The van der Waals surface area contributed by atoms with Gasteiger partial charge in [0.25, 0.3) is 0 Å². The van der Waals surface area contributed by atoms with E-state index in [1.807, 2.05) is 10.6 Å². The largest absolute Gasteiger partial charge is 0.478 e. The summed E-state index contributed by atoms with van der Waals surface area (Å²) >= 11 is 0. The van der Waals surface area contributed by atoms with Gasteiger partial charge >= 0.3 is 5.97 Å². The lowest BCUT2D eigenvalue weighted by Gasteiger charge is -2.28. The van der Waals surface area contributed by atoms with Crippen molar-refractivity contribution >= 4 is 17.0 Å². The number of pyridine rings is 2. The molecule has 2 aromatic carbocycles. The number of ether oxygens (including phenoxy) is 2. The summed E-state index contributed by atoms with van der Waals surface area (Å²) in [5.41, 5.74) is 2.06. The summed E-state index contributed by atoms with van der Waals surface area (Å²) in [6.45, 7) is 5.14. The number of rotatable bonds is 9. The number of hydrogen-bond donors (Lipinski definition) is 1. The van der Waals surface area contributed by atoms with Crippen LogP contribution in [0.3, 0.4) is 0 Å². The molecule has 0 amide bonds. The maximum Gasteiger partial charge on any atom is 0.335 e. The summed E-state index contributed by atoms with van der Waals surface area (Å²) in [6, 6.07) is 15.3. The van der Waals surface area contributed by atoms with Crippen LogP contribution in [0, 0.1) is 17.0 Å². The number of carboxylic acid groups (broad SMARTS) is 1. The van der Waals surface area contributed by atoms with E-state index in [-0.39, 0.29) is 52.7 Å². The van der Waals surface area contributed by atoms with E-state index in [1.54, 1.807) is 55.0 Å². The van der Waals surface area contributed by atoms with E-state index < -0.39 is 17.6 Å². The Hall–Kier alpha value is -5.56. The molecule has 13 heteroatoms. The summed E-state index contributed by atoms with van der Waals surface area (Å²) in [7, 11) is 0. The lowest BCUT2D eigenvalue weighted by atomic mass is 9.87. The van der Waals surface area contributed by atoms with Crippen molar-refractivity contribution in [3.05, 3.63) is 113 Å². The summed E-state index contributed by atoms with van der Waals surface area (Å²) in [5, 5.41) is 17.3. The number of halogens is 2. The maximum atomic E-state index is 15.7. The first kappa shape index (κ1) is 30.1. The number of hydrogen-bond acceptors (Lipinski definition) is 8. The summed E-state index contributed by atoms with van der Waals surface area (Å²) in [6.07, 6.45) is 4.87. The van der Waals surface area contributed by atoms with Crippen LogP contribution >= 0.6 is 0 Å². The van der Waals surface area contributed by atoms with Crippen LogP contribution in [0.25, 0.3) is 28.1 Å². The van der Waals surface area contributed by atoms with Crippen LogP contribution in [0.15, 0.2) is 79.3 Å². The fourth-order valence-corrected chi connectivity index (χ4v) is 5.79. The minimum Gasteiger partial charge on any atom is -0.478 e. The van der Waals surface area contributed by atoms with Gasteiger partial charge in [-0.15, -0.1) is 5.10 Å². The van der Waals surface area contributed by atoms with Gasteiger partial charge in [0.05, 0.1) is 53.9 Å². The van der Waals surface area contributed by atoms with Gasteiger partial charge in [-0.1, -0.05) is 31.2 Å². The topological polar surface area (TPSA) is 130 Å². The molecular weight excluding hydrogens is 608 g/mol. The van der Waals surface area contributed by atoms with Crippen molar-refractivity contribution < 1.29 is 28.2 Å². The Balaban J connectivity index is 1.14. The summed E-state index contributed by atoms with van der Waals surface area (Å²) in [4.78, 5) is 25.2. The lowest BCUT2D eigenvalue weighted by Crippen LogP contribution is -2.27. The van der Waals surface area contributed by atoms with Gasteiger partial charge in [0.15, 0.2) is 5.82 Å². The molecule has 4 aromatic heterocycles. The molecule has 0 unspecified atom stereocenters. The normalized spacial score (nSPS) is 15.7. The van der Waals surface area contributed by atoms with Crippen molar-refractivity contribution in [2.45, 2.75) is 32.9 Å². The van der Waals surface area contributed by atoms with Gasteiger partial charge in [0.2, 0.25) is 5.88 Å². The highest BCUT2D eigenvalue weighted by molar-refractivity contribution is 5.92. The van der Waals surface area contributed by atoms with Gasteiger partial charge in [-0.25, -0.2) is 33.2 Å². The second-order valence-electron chi connectivity index (χ2n) is 12.0. The zero-order chi connectivity index (χ0) is 32.7. The van der Waals surface area contributed by atoms with Crippen LogP contribution in [-0.4, -0.2) is 58.8 Å². The monoisotopic (exact) mass is 637 g/mol. The van der Waals surface area contributed by atoms with Crippen LogP contribution < -0.4 is 4.74 Å². The molecule has 7 rings (SSSR count). The Morgan fingerprint density at radius 2 is 1.96 bits per heavy atom. The molecule has 0 radical (unpaired) electrons. The Bertz CT molecular complexity index is 2100. The minimum atomic E-state index is -1.06. The van der Waals surface area contributed by atoms with Crippen molar-refractivity contribution in [2.24, 2.45) is 5.41 Å². The van der Waals surface area contributed by atoms with Gasteiger partial charge in [-0.05, 0) is 48.0 Å². The van der Waals surface area contributed by atoms with E-state index >= 15 is 8.78 Å². The second kappa shape index (κ2) is 12.0. The molecule has 5 heterocycles. The molecule has 1 fully saturated rings. The average molecular weight is 638 g/mol. The van der Waals surface area contributed by atoms with Gasteiger partial charge in [-0.3, -0.25) is 0 Å². The highest BCUT2D eigenvalue weighted by Crippen LogP contribution is 2.40. The molecule has 6 aromatic rings. The van der Waals surface area contributed by atoms with Crippen LogP contribution in [0.4, 0.5) is 8.78 Å². The van der Waals surface area contributed by atoms with E-state index in [1.165, 1.54) is 10.7 Å². The molecule has 1 aliphatic rings. The van der Waals surface area contributed by atoms with E-state index in [0.717, 1.165) is 17.7 Å². The highest BCUT2D eigenvalue weighted by Gasteiger charge is 2.39. The highest BCUT2D eigenvalue weighted by atomic mass is 19.1. The van der Waals surface area contributed by atoms with Crippen molar-refractivity contribution in [3.8, 4) is 23.0 Å². The van der Waals surface area contributed by atoms with E-state index in [4.69, 9.17) is 14.5 Å². The number of carboxylic acids is 1. The second-order valence-corrected chi connectivity index (χ2v) is 12.0. The molecule has 238 valence electrons. The first-order valence-electron chi connectivity index (χ1n) is 14.9. The standard InChI is InChI=1S/C34H29F2N7O4/c1-34(2)19-46-18-29(34)43-28-13-21(33(44)45)7-8-27(28)39-31(43)14-22-12-25(36)23(15-24(22)35)26-4-3-5-32(40-26)47-17-20-6-9-30(37-16-20)42-11-10-38-41-42/h3-13,15-16,29H,14,17-19H2,1-2H3,(H,44,45)/t29-/m1/s1. The average Bonchev–Trinajstić information content (AvgIpc) is 3.80. The smallest absolute Gasteiger partial charge is 0.335 e. The molecule has 0 saturated carbocycles. The molecule has 1 atom stereocenters. The van der Waals surface area contributed by atoms with Gasteiger partial charge < -0.3 is 19.1 Å². The fraction of sp³-hybridized carbons (Fsp3) is 0.235. The number of nitrogens with zero attached hydrogens (tertiary/aromatic N) is 7. The number of aromatic carboxylic acids is 1. The molecule has 0 spiro atoms. The van der Waals surface area contributed by atoms with E-state index in [2.05, 4.69) is 34.1 Å². The Morgan fingerprint density at radius 1 is 1.09 bits per heavy atom. The predicted octanol–water partition coefficient (Wildman–Crippen LogP) is 5.82. The first-order valence-corrected chi connectivity index (χ1v) is 14.9. The number of aromatic nitrogens is 7. The molecule has 11 nitrogen and oxygen atoms in total. The van der Waals surface area contributed by atoms with Crippen LogP contribution in [0.2, 0.25) is 0 Å². The minimum absolute atomic E-state index is 0.0134. The van der Waals surface area contributed by atoms with Gasteiger partial charge in [0.1, 0.15) is 24.1 Å². The number of carbonyl (C=O) groups is 1. The quantitative estimate of drug-likeness (QED) is 0.209. The zero-order valence-corrected chi connectivity index (χ0v) is 25.5. The first-order chi connectivity index (χ1) is 22.7. The van der Waals surface area contributed by atoms with Crippen LogP contribution in [0.1, 0.15) is 47.2 Å². The fourth-order valence-electron chi connectivity index (χ4n) is 5.79. The SMILES string of the molecule is CC1(C)COC[C@H]1n1c(Cc2cc(F)c(-c3cccc(OCc4ccc(-n5ccnn5)nc4)n3)cc2F)nc2ccc(C(=O)O)cc21. The zero-order valence-electron chi connectivity index (χ0n) is 25.5. The summed E-state index contributed by atoms with van der Waals surface area (Å²) in [5.74, 6) is -1.02. The van der Waals surface area contributed by atoms with Crippen molar-refractivity contribution in [1.82, 2.24) is 34.5 Å². The van der Waals surface area contributed by atoms with Crippen LogP contribution in [-0.2, 0) is 17.8 Å². The molecule has 0 aliphatic carbocycles. The lowest BCUT2D eigenvalue weighted by molar-refractivity contribution is 0.0697. The third-order valence-electron chi connectivity index (χ3n) is 8.31. The molecule has 1 saturated heterocycles. The van der Waals surface area contributed by atoms with Gasteiger partial charge in [-0.2, -0.15) is 0 Å². The Morgan fingerprint density at radius 3 is 2.68 bits per heavy atom. The molecule has 0 bridgehead atoms. The predicted molar refractivity (Wildman–Crippen MR) is 166 cm³/mol. The Labute approximate surface area is 267 Å². The van der Waals surface area contributed by atoms with Crippen molar-refractivity contribution in [2.75, 3.05) is 13.2 Å². The van der Waals surface area contributed by atoms with E-state index in [9.17, 15) is 9.90 Å². The van der Waals surface area contributed by atoms with Crippen LogP contribution in [0.5, 0.6) is 5.88 Å². The third-order valence-corrected chi connectivity index (χ3v) is 8.31. The number of fused-ring (bicyclic) bond motifs is 1. The number of benzene rings is 2. The Kier molecular flexibility index (Phi) is 7.68. The maximum absolute atomic E-state index is 15.7. The molecule has 47 heavy (non-hydrogen) atoms.